The van der Waals surface area contributed by atoms with E-state index in [1.807, 2.05) is 0 Å². The fraction of sp³-hybridized carbons (Fsp3) is 0.944. The Kier molecular flexibility index (Phi) is 59.4. The van der Waals surface area contributed by atoms with Crippen molar-refractivity contribution in [2.24, 2.45) is 23.7 Å². The molecule has 534 valence electrons. The largest absolute Gasteiger partial charge is 0.472 e. The van der Waals surface area contributed by atoms with Crippen LogP contribution >= 0.6 is 15.6 Å². The van der Waals surface area contributed by atoms with Gasteiger partial charge in [0.25, 0.3) is 0 Å². The highest BCUT2D eigenvalue weighted by atomic mass is 31.2. The summed E-state index contributed by atoms with van der Waals surface area (Å²) in [6, 6.07) is 0. The van der Waals surface area contributed by atoms with Gasteiger partial charge in [-0.25, -0.2) is 9.13 Å². The van der Waals surface area contributed by atoms with Gasteiger partial charge in [-0.3, -0.25) is 37.3 Å². The van der Waals surface area contributed by atoms with E-state index in [1.54, 1.807) is 0 Å². The zero-order valence-electron chi connectivity index (χ0n) is 58.8. The molecule has 0 spiro atoms. The number of hydrogen-bond donors (Lipinski definition) is 3. The van der Waals surface area contributed by atoms with Gasteiger partial charge in [0.1, 0.15) is 19.3 Å². The van der Waals surface area contributed by atoms with Crippen LogP contribution in [0.4, 0.5) is 0 Å². The second-order valence-electron chi connectivity index (χ2n) is 27.5. The molecule has 0 heterocycles. The lowest BCUT2D eigenvalue weighted by Crippen LogP contribution is -2.30. The highest BCUT2D eigenvalue weighted by Gasteiger charge is 2.30. The van der Waals surface area contributed by atoms with E-state index in [0.717, 1.165) is 114 Å². The number of unbranched alkanes of at least 4 members (excludes halogenated alkanes) is 34. The van der Waals surface area contributed by atoms with Crippen LogP contribution in [0.2, 0.25) is 0 Å². The van der Waals surface area contributed by atoms with Gasteiger partial charge < -0.3 is 33.8 Å². The van der Waals surface area contributed by atoms with E-state index in [2.05, 4.69) is 55.4 Å². The lowest BCUT2D eigenvalue weighted by molar-refractivity contribution is -0.161. The SMILES string of the molecule is CC(C)CCCCCCCCCCCCCCC(=O)O[C@H](COC(=O)CCCCCCCCC(C)C)COP(=O)(O)OC[C@H](O)COP(=O)(O)OC[C@@H](COC(=O)CCCCCCCCCCCC(C)C)OC(=O)CCCCCCCCCCCCCC(C)C. The fourth-order valence-electron chi connectivity index (χ4n) is 10.7. The molecule has 0 aromatic carbocycles. The predicted molar refractivity (Wildman–Crippen MR) is 363 cm³/mol. The first kappa shape index (κ1) is 88.1. The van der Waals surface area contributed by atoms with Crippen LogP contribution in [0.3, 0.4) is 0 Å². The molecule has 19 heteroatoms. The highest BCUT2D eigenvalue weighted by molar-refractivity contribution is 7.47. The minimum atomic E-state index is -4.95. The molecule has 2 unspecified atom stereocenters. The molecule has 0 aliphatic carbocycles. The van der Waals surface area contributed by atoms with Crippen molar-refractivity contribution in [2.45, 2.75) is 369 Å². The number of phosphoric acid groups is 2. The topological polar surface area (TPSA) is 237 Å². The minimum Gasteiger partial charge on any atom is -0.462 e. The number of hydrogen-bond acceptors (Lipinski definition) is 15. The molecule has 90 heavy (non-hydrogen) atoms. The zero-order valence-corrected chi connectivity index (χ0v) is 60.6. The summed E-state index contributed by atoms with van der Waals surface area (Å²) in [5, 5.41) is 10.6. The van der Waals surface area contributed by atoms with Gasteiger partial charge in [-0.05, 0) is 49.4 Å². The molecule has 0 bridgehead atoms. The Morgan fingerprint density at radius 3 is 0.689 bits per heavy atom. The van der Waals surface area contributed by atoms with Crippen LogP contribution in [0.25, 0.3) is 0 Å². The lowest BCUT2D eigenvalue weighted by Gasteiger charge is -2.21. The van der Waals surface area contributed by atoms with Crippen LogP contribution in [0.5, 0.6) is 0 Å². The van der Waals surface area contributed by atoms with Crippen molar-refractivity contribution in [3.8, 4) is 0 Å². The van der Waals surface area contributed by atoms with E-state index in [0.29, 0.717) is 31.6 Å². The maximum Gasteiger partial charge on any atom is 0.472 e. The maximum absolute atomic E-state index is 13.0. The van der Waals surface area contributed by atoms with Crippen molar-refractivity contribution < 1.29 is 80.2 Å². The average molecular weight is 1330 g/mol. The fourth-order valence-corrected chi connectivity index (χ4v) is 12.2. The third-order valence-corrected chi connectivity index (χ3v) is 18.2. The summed E-state index contributed by atoms with van der Waals surface area (Å²) in [4.78, 5) is 72.6. The third kappa shape index (κ3) is 64.8. The van der Waals surface area contributed by atoms with Crippen LogP contribution in [0.15, 0.2) is 0 Å². The summed E-state index contributed by atoms with van der Waals surface area (Å²) in [5.74, 6) is 0.836. The molecule has 0 rings (SSSR count). The molecule has 17 nitrogen and oxygen atoms in total. The molecular weight excluding hydrogens is 1190 g/mol. The number of phosphoric ester groups is 2. The molecule has 0 fully saturated rings. The third-order valence-electron chi connectivity index (χ3n) is 16.3. The number of aliphatic hydroxyl groups is 1. The van der Waals surface area contributed by atoms with E-state index in [9.17, 15) is 43.2 Å². The van der Waals surface area contributed by atoms with Gasteiger partial charge in [0, 0.05) is 25.7 Å². The smallest absolute Gasteiger partial charge is 0.462 e. The van der Waals surface area contributed by atoms with Crippen molar-refractivity contribution in [3.63, 3.8) is 0 Å². The molecule has 0 amide bonds. The Morgan fingerprint density at radius 2 is 0.467 bits per heavy atom. The highest BCUT2D eigenvalue weighted by Crippen LogP contribution is 2.45. The standard InChI is InChI=1S/C71H138O17P2/c1-61(2)47-39-31-23-17-12-9-10-14-20-27-37-45-53-70(75)88-67(58-82-69(74)52-44-36-30-29-34-42-50-64(7)8)60-86-90(79,80)84-56-65(72)55-83-89(77,78)85-59-66(57-81-68(73)51-43-35-26-22-16-19-25-33-41-49-63(5)6)87-71(76)54-46-38-28-21-15-11-13-18-24-32-40-48-62(3)4/h61-67,72H,9-60H2,1-8H3,(H,77,78)(H,79,80)/t65-,66-,67-/m1/s1. The summed E-state index contributed by atoms with van der Waals surface area (Å²) in [6.07, 6.45) is 43.2. The Balaban J connectivity index is 5.25. The minimum absolute atomic E-state index is 0.105. The van der Waals surface area contributed by atoms with Gasteiger partial charge in [-0.15, -0.1) is 0 Å². The van der Waals surface area contributed by atoms with E-state index >= 15 is 0 Å². The van der Waals surface area contributed by atoms with Crippen LogP contribution in [0.1, 0.15) is 351 Å². The van der Waals surface area contributed by atoms with E-state index < -0.39 is 97.5 Å². The summed E-state index contributed by atoms with van der Waals surface area (Å²) < 4.78 is 68.3. The average Bonchev–Trinajstić information content (AvgIpc) is 3.70. The Morgan fingerprint density at radius 1 is 0.278 bits per heavy atom. The molecular formula is C71H138O17P2. The first-order valence-corrected chi connectivity index (χ1v) is 39.7. The molecule has 0 saturated heterocycles. The summed E-state index contributed by atoms with van der Waals surface area (Å²) >= 11 is 0. The number of ether oxygens (including phenoxy) is 4. The molecule has 0 aromatic heterocycles. The van der Waals surface area contributed by atoms with Crippen molar-refractivity contribution in [3.05, 3.63) is 0 Å². The Bertz CT molecular complexity index is 1780. The van der Waals surface area contributed by atoms with Crippen LogP contribution in [0, 0.1) is 23.7 Å². The maximum atomic E-state index is 13.0. The van der Waals surface area contributed by atoms with E-state index in [1.165, 1.54) is 148 Å². The first-order chi connectivity index (χ1) is 43.1. The van der Waals surface area contributed by atoms with Gasteiger partial charge in [0.15, 0.2) is 12.2 Å². The molecule has 0 aromatic rings. The number of aliphatic hydroxyl groups excluding tert-OH is 1. The van der Waals surface area contributed by atoms with Gasteiger partial charge >= 0.3 is 39.5 Å². The van der Waals surface area contributed by atoms with Crippen molar-refractivity contribution >= 4 is 39.5 Å². The number of carbonyl (C=O) groups excluding carboxylic acids is 4. The van der Waals surface area contributed by atoms with Crippen LogP contribution in [-0.2, 0) is 65.4 Å². The number of carbonyl (C=O) groups is 4. The van der Waals surface area contributed by atoms with Gasteiger partial charge in [0.2, 0.25) is 0 Å². The van der Waals surface area contributed by atoms with Crippen molar-refractivity contribution in [2.75, 3.05) is 39.6 Å². The summed E-state index contributed by atoms with van der Waals surface area (Å²) in [7, 11) is -9.90. The second kappa shape index (κ2) is 60.7. The number of esters is 4. The Labute approximate surface area is 549 Å². The van der Waals surface area contributed by atoms with E-state index in [4.69, 9.17) is 37.0 Å². The van der Waals surface area contributed by atoms with Crippen LogP contribution < -0.4 is 0 Å². The Hall–Kier alpha value is -1.94. The van der Waals surface area contributed by atoms with Gasteiger partial charge in [0.05, 0.1) is 26.4 Å². The molecule has 0 radical (unpaired) electrons. The number of rotatable bonds is 68. The summed E-state index contributed by atoms with van der Waals surface area (Å²) in [6.45, 7) is 14.1. The lowest BCUT2D eigenvalue weighted by atomic mass is 10.0. The zero-order chi connectivity index (χ0) is 66.8. The van der Waals surface area contributed by atoms with Crippen molar-refractivity contribution in [1.82, 2.24) is 0 Å². The first-order valence-electron chi connectivity index (χ1n) is 36.7. The van der Waals surface area contributed by atoms with E-state index in [-0.39, 0.29) is 25.7 Å². The van der Waals surface area contributed by atoms with Gasteiger partial charge in [-0.2, -0.15) is 0 Å². The molecule has 3 N–H and O–H groups in total. The van der Waals surface area contributed by atoms with Crippen molar-refractivity contribution in [1.29, 1.82) is 0 Å². The molecule has 5 atom stereocenters. The predicted octanol–water partition coefficient (Wildman–Crippen LogP) is 20.1. The summed E-state index contributed by atoms with van der Waals surface area (Å²) in [5.41, 5.74) is 0. The molecule has 0 saturated carbocycles. The molecule has 0 aliphatic heterocycles. The van der Waals surface area contributed by atoms with Crippen LogP contribution in [-0.4, -0.2) is 96.7 Å². The quantitative estimate of drug-likeness (QED) is 0.0222. The monoisotopic (exact) mass is 1320 g/mol. The molecule has 0 aliphatic rings. The normalized spacial score (nSPS) is 14.3. The second-order valence-corrected chi connectivity index (χ2v) is 30.4. The van der Waals surface area contributed by atoms with Gasteiger partial charge in [-0.1, -0.05) is 299 Å².